The van der Waals surface area contributed by atoms with E-state index in [0.717, 1.165) is 5.56 Å². The highest BCUT2D eigenvalue weighted by atomic mass is 16.3. The lowest BCUT2D eigenvalue weighted by molar-refractivity contribution is 0.0770. The van der Waals surface area contributed by atoms with Crippen molar-refractivity contribution in [3.8, 4) is 0 Å². The van der Waals surface area contributed by atoms with Crippen molar-refractivity contribution in [2.24, 2.45) is 5.92 Å². The number of rotatable bonds is 3. The summed E-state index contributed by atoms with van der Waals surface area (Å²) in [5.74, 6) is -0.104. The van der Waals surface area contributed by atoms with Crippen LogP contribution in [0.5, 0.6) is 0 Å². The summed E-state index contributed by atoms with van der Waals surface area (Å²) >= 11 is 0. The zero-order chi connectivity index (χ0) is 8.97. The maximum Gasteiger partial charge on any atom is 0.0837 e. The van der Waals surface area contributed by atoms with Crippen LogP contribution in [-0.4, -0.2) is 16.8 Å². The molecule has 1 aromatic rings. The molecule has 2 heteroatoms. The van der Waals surface area contributed by atoms with E-state index in [-0.39, 0.29) is 12.5 Å². The van der Waals surface area contributed by atoms with E-state index < -0.39 is 6.10 Å². The number of benzene rings is 1. The van der Waals surface area contributed by atoms with Crippen LogP contribution in [0.3, 0.4) is 0 Å². The van der Waals surface area contributed by atoms with Crippen molar-refractivity contribution in [1.82, 2.24) is 0 Å². The standard InChI is InChI=1S/C10H14O2/c1-8(7-11)10(12)9-5-3-2-4-6-9/h2-6,8,10-12H,7H2,1H3/t8?,10-/m1/s1. The predicted molar refractivity (Wildman–Crippen MR) is 47.7 cm³/mol. The highest BCUT2D eigenvalue weighted by Gasteiger charge is 2.14. The average Bonchev–Trinajstić information content (AvgIpc) is 2.17. The van der Waals surface area contributed by atoms with Crippen LogP contribution >= 0.6 is 0 Å². The summed E-state index contributed by atoms with van der Waals surface area (Å²) < 4.78 is 0. The second-order valence-corrected chi connectivity index (χ2v) is 3.02. The minimum Gasteiger partial charge on any atom is -0.396 e. The largest absolute Gasteiger partial charge is 0.396 e. The van der Waals surface area contributed by atoms with Crippen LogP contribution in [-0.2, 0) is 0 Å². The lowest BCUT2D eigenvalue weighted by Crippen LogP contribution is -2.12. The molecule has 0 aliphatic heterocycles. The van der Waals surface area contributed by atoms with Gasteiger partial charge in [-0.3, -0.25) is 0 Å². The maximum absolute atomic E-state index is 9.63. The van der Waals surface area contributed by atoms with Gasteiger partial charge in [-0.15, -0.1) is 0 Å². The summed E-state index contributed by atoms with van der Waals surface area (Å²) in [7, 11) is 0. The van der Waals surface area contributed by atoms with Crippen molar-refractivity contribution in [1.29, 1.82) is 0 Å². The van der Waals surface area contributed by atoms with Gasteiger partial charge in [0.15, 0.2) is 0 Å². The van der Waals surface area contributed by atoms with Crippen LogP contribution in [0, 0.1) is 5.92 Å². The summed E-state index contributed by atoms with van der Waals surface area (Å²) in [4.78, 5) is 0. The molecule has 0 radical (unpaired) electrons. The van der Waals surface area contributed by atoms with Crippen LogP contribution in [0.1, 0.15) is 18.6 Å². The highest BCUT2D eigenvalue weighted by molar-refractivity contribution is 5.17. The molecule has 0 spiro atoms. The molecule has 2 N–H and O–H groups in total. The van der Waals surface area contributed by atoms with Crippen LogP contribution in [0.4, 0.5) is 0 Å². The first kappa shape index (κ1) is 9.23. The van der Waals surface area contributed by atoms with Crippen molar-refractivity contribution in [3.05, 3.63) is 35.9 Å². The molecule has 1 rings (SSSR count). The van der Waals surface area contributed by atoms with Gasteiger partial charge in [-0.2, -0.15) is 0 Å². The van der Waals surface area contributed by atoms with Gasteiger partial charge in [-0.1, -0.05) is 37.3 Å². The second kappa shape index (κ2) is 4.24. The normalized spacial score (nSPS) is 15.6. The van der Waals surface area contributed by atoms with Crippen LogP contribution < -0.4 is 0 Å². The first-order chi connectivity index (χ1) is 5.75. The first-order valence-corrected chi connectivity index (χ1v) is 4.09. The minimum absolute atomic E-state index is 0.00998. The lowest BCUT2D eigenvalue weighted by atomic mass is 9.98. The molecule has 0 heterocycles. The van der Waals surface area contributed by atoms with Gasteiger partial charge in [0.05, 0.1) is 6.10 Å². The molecule has 0 fully saturated rings. The molecule has 0 saturated heterocycles. The summed E-state index contributed by atoms with van der Waals surface area (Å²) in [5.41, 5.74) is 0.860. The Morgan fingerprint density at radius 1 is 1.25 bits per heavy atom. The smallest absolute Gasteiger partial charge is 0.0837 e. The third-order valence-corrected chi connectivity index (χ3v) is 1.97. The quantitative estimate of drug-likeness (QED) is 0.711. The fraction of sp³-hybridized carbons (Fsp3) is 0.400. The third-order valence-electron chi connectivity index (χ3n) is 1.97. The Morgan fingerprint density at radius 2 is 1.83 bits per heavy atom. The van der Waals surface area contributed by atoms with Crippen LogP contribution in [0.25, 0.3) is 0 Å². The van der Waals surface area contributed by atoms with Crippen molar-refractivity contribution < 1.29 is 10.2 Å². The molecule has 0 bridgehead atoms. The molecule has 2 nitrogen and oxygen atoms in total. The highest BCUT2D eigenvalue weighted by Crippen LogP contribution is 2.20. The number of aliphatic hydroxyl groups is 2. The van der Waals surface area contributed by atoms with Gasteiger partial charge in [-0.25, -0.2) is 0 Å². The SMILES string of the molecule is CC(CO)[C@@H](O)c1ccccc1. The summed E-state index contributed by atoms with van der Waals surface area (Å²) in [6, 6.07) is 9.37. The summed E-state index contributed by atoms with van der Waals surface area (Å²) in [5, 5.41) is 18.4. The minimum atomic E-state index is -0.559. The monoisotopic (exact) mass is 166 g/mol. The summed E-state index contributed by atoms with van der Waals surface area (Å²) in [6.07, 6.45) is -0.559. The molecule has 0 aliphatic carbocycles. The van der Waals surface area contributed by atoms with E-state index in [9.17, 15) is 5.11 Å². The molecule has 0 aromatic heterocycles. The van der Waals surface area contributed by atoms with E-state index in [0.29, 0.717) is 0 Å². The third kappa shape index (κ3) is 2.06. The zero-order valence-corrected chi connectivity index (χ0v) is 7.14. The topological polar surface area (TPSA) is 40.5 Å². The van der Waals surface area contributed by atoms with Crippen molar-refractivity contribution in [3.63, 3.8) is 0 Å². The van der Waals surface area contributed by atoms with Gasteiger partial charge in [0.2, 0.25) is 0 Å². The molecule has 12 heavy (non-hydrogen) atoms. The molecule has 2 atom stereocenters. The maximum atomic E-state index is 9.63. The van der Waals surface area contributed by atoms with Gasteiger partial charge in [-0.05, 0) is 5.56 Å². The zero-order valence-electron chi connectivity index (χ0n) is 7.14. The molecular weight excluding hydrogens is 152 g/mol. The molecular formula is C10H14O2. The number of hydrogen-bond acceptors (Lipinski definition) is 2. The summed E-state index contributed by atoms with van der Waals surface area (Å²) in [6.45, 7) is 1.83. The predicted octanol–water partition coefficient (Wildman–Crippen LogP) is 1.35. The molecule has 0 amide bonds. The Morgan fingerprint density at radius 3 is 2.33 bits per heavy atom. The van der Waals surface area contributed by atoms with Gasteiger partial charge >= 0.3 is 0 Å². The van der Waals surface area contributed by atoms with Crippen LogP contribution in [0.15, 0.2) is 30.3 Å². The van der Waals surface area contributed by atoms with E-state index in [4.69, 9.17) is 5.11 Å². The van der Waals surface area contributed by atoms with Crippen molar-refractivity contribution in [2.45, 2.75) is 13.0 Å². The average molecular weight is 166 g/mol. The van der Waals surface area contributed by atoms with Gasteiger partial charge < -0.3 is 10.2 Å². The fourth-order valence-corrected chi connectivity index (χ4v) is 1.08. The second-order valence-electron chi connectivity index (χ2n) is 3.02. The van der Waals surface area contributed by atoms with E-state index in [1.807, 2.05) is 37.3 Å². The molecule has 1 unspecified atom stereocenters. The van der Waals surface area contributed by atoms with E-state index in [1.54, 1.807) is 0 Å². The fourth-order valence-electron chi connectivity index (χ4n) is 1.08. The molecule has 0 aliphatic rings. The Balaban J connectivity index is 2.71. The van der Waals surface area contributed by atoms with E-state index in [2.05, 4.69) is 0 Å². The van der Waals surface area contributed by atoms with Crippen LogP contribution in [0.2, 0.25) is 0 Å². The first-order valence-electron chi connectivity index (χ1n) is 4.09. The Hall–Kier alpha value is -0.860. The number of aliphatic hydroxyl groups excluding tert-OH is 2. The van der Waals surface area contributed by atoms with Gasteiger partial charge in [0.25, 0.3) is 0 Å². The Labute approximate surface area is 72.5 Å². The molecule has 66 valence electrons. The number of hydrogen-bond donors (Lipinski definition) is 2. The van der Waals surface area contributed by atoms with Crippen molar-refractivity contribution in [2.75, 3.05) is 6.61 Å². The lowest BCUT2D eigenvalue weighted by Gasteiger charge is -2.16. The van der Waals surface area contributed by atoms with Gasteiger partial charge in [0.1, 0.15) is 0 Å². The van der Waals surface area contributed by atoms with E-state index >= 15 is 0 Å². The molecule has 1 aromatic carbocycles. The van der Waals surface area contributed by atoms with Gasteiger partial charge in [0, 0.05) is 12.5 Å². The Bertz CT molecular complexity index is 221. The Kier molecular flexibility index (Phi) is 3.26. The molecule has 0 saturated carbocycles. The van der Waals surface area contributed by atoms with E-state index in [1.165, 1.54) is 0 Å². The van der Waals surface area contributed by atoms with Crippen molar-refractivity contribution >= 4 is 0 Å².